The Kier molecular flexibility index (Phi) is 4.51. The topological polar surface area (TPSA) is 37.3 Å². The molecule has 0 amide bonds. The van der Waals surface area contributed by atoms with Gasteiger partial charge in [0.1, 0.15) is 0 Å². The van der Waals surface area contributed by atoms with Gasteiger partial charge in [-0.1, -0.05) is 12.8 Å². The summed E-state index contributed by atoms with van der Waals surface area (Å²) in [6.07, 6.45) is 5.43. The van der Waals surface area contributed by atoms with E-state index in [1.165, 1.54) is 25.7 Å². The van der Waals surface area contributed by atoms with Crippen molar-refractivity contribution in [3.05, 3.63) is 28.2 Å². The van der Waals surface area contributed by atoms with Gasteiger partial charge in [0.15, 0.2) is 0 Å². The lowest BCUT2D eigenvalue weighted by atomic mass is 10.1. The van der Waals surface area contributed by atoms with Gasteiger partial charge < -0.3 is 5.11 Å². The van der Waals surface area contributed by atoms with Crippen molar-refractivity contribution in [2.45, 2.75) is 30.6 Å². The Morgan fingerprint density at radius 3 is 2.71 bits per heavy atom. The molecule has 0 aromatic heterocycles. The Morgan fingerprint density at radius 1 is 1.41 bits per heavy atom. The van der Waals surface area contributed by atoms with Crippen LogP contribution in [0.2, 0.25) is 0 Å². The monoisotopic (exact) mass is 314 g/mol. The molecule has 1 N–H and O–H groups in total. The molecule has 2 nitrogen and oxygen atoms in total. The Labute approximate surface area is 114 Å². The Balaban J connectivity index is 1.97. The van der Waals surface area contributed by atoms with Crippen LogP contribution < -0.4 is 0 Å². The lowest BCUT2D eigenvalue weighted by Crippen LogP contribution is -1.98. The Bertz CT molecular complexity index is 414. The van der Waals surface area contributed by atoms with Gasteiger partial charge in [-0.15, -0.1) is 11.8 Å². The van der Waals surface area contributed by atoms with Gasteiger partial charge in [-0.25, -0.2) is 4.79 Å². The average molecular weight is 315 g/mol. The van der Waals surface area contributed by atoms with E-state index in [1.807, 2.05) is 23.9 Å². The number of hydrogen-bond donors (Lipinski definition) is 1. The van der Waals surface area contributed by atoms with Crippen LogP contribution in [0.5, 0.6) is 0 Å². The summed E-state index contributed by atoms with van der Waals surface area (Å²) in [5.41, 5.74) is 0.329. The fourth-order valence-electron chi connectivity index (χ4n) is 2.15. The second-order valence-electron chi connectivity index (χ2n) is 4.41. The number of benzene rings is 1. The normalized spacial score (nSPS) is 16.3. The molecule has 1 aromatic rings. The van der Waals surface area contributed by atoms with Crippen LogP contribution in [0.25, 0.3) is 0 Å². The van der Waals surface area contributed by atoms with Gasteiger partial charge in [-0.05, 0) is 52.9 Å². The first-order chi connectivity index (χ1) is 8.16. The fraction of sp³-hybridized carbons (Fsp3) is 0.462. The minimum atomic E-state index is -0.885. The van der Waals surface area contributed by atoms with Crippen molar-refractivity contribution >= 4 is 33.7 Å². The number of aromatic carboxylic acids is 1. The maximum absolute atomic E-state index is 10.9. The standard InChI is InChI=1S/C13H15BrO2S/c14-12-7-10(5-6-11(12)13(15)16)17-8-9-3-1-2-4-9/h5-7,9H,1-4,8H2,(H,15,16). The van der Waals surface area contributed by atoms with Crippen LogP contribution in [-0.2, 0) is 0 Å². The minimum Gasteiger partial charge on any atom is -0.478 e. The molecule has 1 aliphatic carbocycles. The summed E-state index contributed by atoms with van der Waals surface area (Å²) in [6, 6.07) is 5.47. The van der Waals surface area contributed by atoms with E-state index in [9.17, 15) is 4.79 Å². The molecule has 0 spiro atoms. The molecule has 0 bridgehead atoms. The SMILES string of the molecule is O=C(O)c1ccc(SCC2CCCC2)cc1Br. The average Bonchev–Trinajstić information content (AvgIpc) is 2.78. The number of rotatable bonds is 4. The first-order valence-corrected chi connectivity index (χ1v) is 7.60. The van der Waals surface area contributed by atoms with E-state index in [-0.39, 0.29) is 0 Å². The molecule has 17 heavy (non-hydrogen) atoms. The van der Waals surface area contributed by atoms with E-state index >= 15 is 0 Å². The molecule has 0 radical (unpaired) electrons. The van der Waals surface area contributed by atoms with E-state index in [0.29, 0.717) is 10.0 Å². The molecule has 92 valence electrons. The molecule has 4 heteroatoms. The Hall–Kier alpha value is -0.480. The van der Waals surface area contributed by atoms with Crippen molar-refractivity contribution < 1.29 is 9.90 Å². The van der Waals surface area contributed by atoms with E-state index < -0.39 is 5.97 Å². The predicted molar refractivity (Wildman–Crippen MR) is 73.8 cm³/mol. The van der Waals surface area contributed by atoms with E-state index in [2.05, 4.69) is 15.9 Å². The van der Waals surface area contributed by atoms with E-state index in [4.69, 9.17) is 5.11 Å². The van der Waals surface area contributed by atoms with Gasteiger partial charge in [-0.3, -0.25) is 0 Å². The van der Waals surface area contributed by atoms with E-state index in [0.717, 1.165) is 16.6 Å². The highest BCUT2D eigenvalue weighted by molar-refractivity contribution is 9.10. The maximum Gasteiger partial charge on any atom is 0.336 e. The summed E-state index contributed by atoms with van der Waals surface area (Å²) in [5.74, 6) is 1.11. The minimum absolute atomic E-state index is 0.329. The molecular formula is C13H15BrO2S. The van der Waals surface area contributed by atoms with Crippen molar-refractivity contribution in [2.24, 2.45) is 5.92 Å². The van der Waals surface area contributed by atoms with Crippen LogP contribution in [0.1, 0.15) is 36.0 Å². The van der Waals surface area contributed by atoms with Gasteiger partial charge in [0, 0.05) is 15.1 Å². The molecule has 0 unspecified atom stereocenters. The lowest BCUT2D eigenvalue weighted by Gasteiger charge is -2.09. The zero-order chi connectivity index (χ0) is 12.3. The summed E-state index contributed by atoms with van der Waals surface area (Å²) in [7, 11) is 0. The van der Waals surface area contributed by atoms with Crippen LogP contribution in [0, 0.1) is 5.92 Å². The molecule has 1 fully saturated rings. The number of hydrogen-bond acceptors (Lipinski definition) is 2. The van der Waals surface area contributed by atoms with Gasteiger partial charge in [-0.2, -0.15) is 0 Å². The van der Waals surface area contributed by atoms with Crippen LogP contribution in [-0.4, -0.2) is 16.8 Å². The molecule has 1 aromatic carbocycles. The van der Waals surface area contributed by atoms with Crippen molar-refractivity contribution in [2.75, 3.05) is 5.75 Å². The smallest absolute Gasteiger partial charge is 0.336 e. The third-order valence-electron chi connectivity index (χ3n) is 3.13. The van der Waals surface area contributed by atoms with Crippen molar-refractivity contribution in [3.63, 3.8) is 0 Å². The van der Waals surface area contributed by atoms with Crippen LogP contribution in [0.3, 0.4) is 0 Å². The van der Waals surface area contributed by atoms with Crippen molar-refractivity contribution in [1.29, 1.82) is 0 Å². The quantitative estimate of drug-likeness (QED) is 0.835. The molecule has 1 saturated carbocycles. The third kappa shape index (κ3) is 3.49. The summed E-state index contributed by atoms with van der Waals surface area (Å²) in [4.78, 5) is 12.0. The fourth-order valence-corrected chi connectivity index (χ4v) is 3.98. The third-order valence-corrected chi connectivity index (χ3v) is 5.01. The summed E-state index contributed by atoms with van der Waals surface area (Å²) >= 11 is 5.14. The summed E-state index contributed by atoms with van der Waals surface area (Å²) in [6.45, 7) is 0. The van der Waals surface area contributed by atoms with Gasteiger partial charge in [0.05, 0.1) is 5.56 Å². The van der Waals surface area contributed by atoms with Gasteiger partial charge in [0.2, 0.25) is 0 Å². The number of halogens is 1. The van der Waals surface area contributed by atoms with Crippen molar-refractivity contribution in [1.82, 2.24) is 0 Å². The number of carbonyl (C=O) groups is 1. The second-order valence-corrected chi connectivity index (χ2v) is 6.36. The first kappa shape index (κ1) is 13.0. The zero-order valence-electron chi connectivity index (χ0n) is 9.49. The van der Waals surface area contributed by atoms with Crippen LogP contribution in [0.4, 0.5) is 0 Å². The molecule has 0 aliphatic heterocycles. The highest BCUT2D eigenvalue weighted by Gasteiger charge is 2.15. The summed E-state index contributed by atoms with van der Waals surface area (Å²) in [5, 5.41) is 8.92. The second kappa shape index (κ2) is 5.91. The number of thioether (sulfide) groups is 1. The lowest BCUT2D eigenvalue weighted by molar-refractivity contribution is 0.0696. The van der Waals surface area contributed by atoms with Gasteiger partial charge >= 0.3 is 5.97 Å². The number of carboxylic acids is 1. The van der Waals surface area contributed by atoms with Crippen molar-refractivity contribution in [3.8, 4) is 0 Å². The molecule has 0 heterocycles. The largest absolute Gasteiger partial charge is 0.478 e. The maximum atomic E-state index is 10.9. The number of carboxylic acid groups (broad SMARTS) is 1. The molecule has 2 rings (SSSR count). The highest BCUT2D eigenvalue weighted by Crippen LogP contribution is 2.32. The van der Waals surface area contributed by atoms with Gasteiger partial charge in [0.25, 0.3) is 0 Å². The Morgan fingerprint density at radius 2 is 2.12 bits per heavy atom. The van der Waals surface area contributed by atoms with Crippen LogP contribution >= 0.6 is 27.7 Å². The van der Waals surface area contributed by atoms with Crippen LogP contribution in [0.15, 0.2) is 27.6 Å². The molecular weight excluding hydrogens is 300 g/mol. The summed E-state index contributed by atoms with van der Waals surface area (Å²) < 4.78 is 0.668. The molecule has 0 saturated heterocycles. The molecule has 1 aliphatic rings. The first-order valence-electron chi connectivity index (χ1n) is 5.82. The predicted octanol–water partition coefficient (Wildman–Crippen LogP) is 4.43. The van der Waals surface area contributed by atoms with E-state index in [1.54, 1.807) is 6.07 Å². The molecule has 0 atom stereocenters. The zero-order valence-corrected chi connectivity index (χ0v) is 11.9. The highest BCUT2D eigenvalue weighted by atomic mass is 79.9.